The summed E-state index contributed by atoms with van der Waals surface area (Å²) in [4.78, 5) is 7.30. The fourth-order valence-electron chi connectivity index (χ4n) is 3.45. The lowest BCUT2D eigenvalue weighted by Gasteiger charge is -2.30. The van der Waals surface area contributed by atoms with Crippen LogP contribution in [0.2, 0.25) is 5.02 Å². The minimum absolute atomic E-state index is 0.273. The smallest absolute Gasteiger partial charge is 0.124 e. The third kappa shape index (κ3) is 3.71. The lowest BCUT2D eigenvalue weighted by atomic mass is 10.2. The van der Waals surface area contributed by atoms with Crippen molar-refractivity contribution in [2.24, 2.45) is 0 Å². The summed E-state index contributed by atoms with van der Waals surface area (Å²) in [5.41, 5.74) is 3.36. The second kappa shape index (κ2) is 7.16. The molecule has 25 heavy (non-hydrogen) atoms. The van der Waals surface area contributed by atoms with Crippen LogP contribution in [-0.2, 0) is 17.8 Å². The first-order valence-electron chi connectivity index (χ1n) is 8.71. The summed E-state index contributed by atoms with van der Waals surface area (Å²) in [6.07, 6.45) is 0.273. The van der Waals surface area contributed by atoms with Gasteiger partial charge in [-0.2, -0.15) is 0 Å². The van der Waals surface area contributed by atoms with Crippen molar-refractivity contribution >= 4 is 22.6 Å². The largest absolute Gasteiger partial charge is 0.376 e. The van der Waals surface area contributed by atoms with Gasteiger partial charge in [0, 0.05) is 24.7 Å². The van der Waals surface area contributed by atoms with E-state index < -0.39 is 0 Å². The number of hydrogen-bond acceptors (Lipinski definition) is 3. The molecule has 1 aromatic heterocycles. The van der Waals surface area contributed by atoms with Gasteiger partial charge < -0.3 is 9.30 Å². The Morgan fingerprint density at radius 3 is 2.80 bits per heavy atom. The van der Waals surface area contributed by atoms with Crippen LogP contribution < -0.4 is 0 Å². The maximum absolute atomic E-state index is 6.18. The van der Waals surface area contributed by atoms with Crippen LogP contribution in [-0.4, -0.2) is 40.3 Å². The first-order valence-corrected chi connectivity index (χ1v) is 9.09. The average molecular weight is 356 g/mol. The number of benzene rings is 2. The Balaban J connectivity index is 1.70. The van der Waals surface area contributed by atoms with Crippen molar-refractivity contribution in [1.82, 2.24) is 14.5 Å². The predicted octanol–water partition coefficient (Wildman–Crippen LogP) is 3.96. The highest BCUT2D eigenvalue weighted by atomic mass is 35.5. The molecule has 0 unspecified atom stereocenters. The number of ether oxygens (including phenoxy) is 1. The molecule has 2 aromatic carbocycles. The van der Waals surface area contributed by atoms with Gasteiger partial charge in [0.2, 0.25) is 0 Å². The SMILES string of the molecule is C[C@@H]1CN(Cc2nc3cc(Cl)ccc3n2Cc2ccccc2)CCO1. The van der Waals surface area contributed by atoms with E-state index in [2.05, 4.69) is 46.7 Å². The molecular weight excluding hydrogens is 334 g/mol. The van der Waals surface area contributed by atoms with Gasteiger partial charge in [-0.05, 0) is 30.7 Å². The van der Waals surface area contributed by atoms with Crippen LogP contribution in [0.15, 0.2) is 48.5 Å². The number of nitrogens with zero attached hydrogens (tertiary/aromatic N) is 3. The minimum atomic E-state index is 0.273. The zero-order valence-corrected chi connectivity index (χ0v) is 15.1. The van der Waals surface area contributed by atoms with E-state index in [1.165, 1.54) is 5.56 Å². The number of rotatable bonds is 4. The number of fused-ring (bicyclic) bond motifs is 1. The van der Waals surface area contributed by atoms with Crippen LogP contribution in [0.1, 0.15) is 18.3 Å². The second-order valence-corrected chi connectivity index (χ2v) is 7.09. The normalized spacial score (nSPS) is 18.7. The molecule has 130 valence electrons. The maximum atomic E-state index is 6.18. The van der Waals surface area contributed by atoms with Gasteiger partial charge in [0.15, 0.2) is 0 Å². The number of aromatic nitrogens is 2. The third-order valence-corrected chi connectivity index (χ3v) is 4.90. The molecule has 0 saturated carbocycles. The van der Waals surface area contributed by atoms with Gasteiger partial charge in [-0.25, -0.2) is 4.98 Å². The second-order valence-electron chi connectivity index (χ2n) is 6.65. The topological polar surface area (TPSA) is 30.3 Å². The summed E-state index contributed by atoms with van der Waals surface area (Å²) < 4.78 is 7.97. The highest BCUT2D eigenvalue weighted by molar-refractivity contribution is 6.31. The first-order chi connectivity index (χ1) is 12.2. The molecule has 1 atom stereocenters. The predicted molar refractivity (Wildman–Crippen MR) is 101 cm³/mol. The van der Waals surface area contributed by atoms with Crippen LogP contribution in [0.3, 0.4) is 0 Å². The molecule has 2 heterocycles. The Labute approximate surface area is 153 Å². The lowest BCUT2D eigenvalue weighted by molar-refractivity contribution is -0.0222. The molecular formula is C20H22ClN3O. The Bertz CT molecular complexity index is 862. The van der Waals surface area contributed by atoms with Gasteiger partial charge in [-0.15, -0.1) is 0 Å². The Morgan fingerprint density at radius 2 is 2.00 bits per heavy atom. The van der Waals surface area contributed by atoms with Crippen LogP contribution >= 0.6 is 11.6 Å². The van der Waals surface area contributed by atoms with Crippen molar-refractivity contribution in [1.29, 1.82) is 0 Å². The summed E-state index contributed by atoms with van der Waals surface area (Å²) in [5, 5.41) is 0.725. The highest BCUT2D eigenvalue weighted by Gasteiger charge is 2.20. The van der Waals surface area contributed by atoms with Crippen LogP contribution in [0, 0.1) is 0 Å². The minimum Gasteiger partial charge on any atom is -0.376 e. The fraction of sp³-hybridized carbons (Fsp3) is 0.350. The summed E-state index contributed by atoms with van der Waals surface area (Å²) in [6, 6.07) is 16.5. The number of hydrogen-bond donors (Lipinski definition) is 0. The van der Waals surface area contributed by atoms with Gasteiger partial charge >= 0.3 is 0 Å². The molecule has 0 bridgehead atoms. The van der Waals surface area contributed by atoms with E-state index in [1.807, 2.05) is 18.2 Å². The Kier molecular flexibility index (Phi) is 4.75. The van der Waals surface area contributed by atoms with E-state index in [0.29, 0.717) is 0 Å². The zero-order chi connectivity index (χ0) is 17.2. The van der Waals surface area contributed by atoms with E-state index in [1.54, 1.807) is 0 Å². The van der Waals surface area contributed by atoms with Crippen LogP contribution in [0.5, 0.6) is 0 Å². The molecule has 3 aromatic rings. The van der Waals surface area contributed by atoms with E-state index in [-0.39, 0.29) is 6.10 Å². The molecule has 4 nitrogen and oxygen atoms in total. The zero-order valence-electron chi connectivity index (χ0n) is 14.4. The van der Waals surface area contributed by atoms with Gasteiger partial charge in [-0.3, -0.25) is 4.90 Å². The van der Waals surface area contributed by atoms with E-state index in [0.717, 1.165) is 54.7 Å². The van der Waals surface area contributed by atoms with Gasteiger partial charge in [0.05, 0.1) is 30.3 Å². The number of morpholine rings is 1. The van der Waals surface area contributed by atoms with Crippen molar-refractivity contribution in [3.63, 3.8) is 0 Å². The number of halogens is 1. The molecule has 1 aliphatic rings. The molecule has 0 radical (unpaired) electrons. The molecule has 1 aliphatic heterocycles. The molecule has 0 amide bonds. The quantitative estimate of drug-likeness (QED) is 0.709. The van der Waals surface area contributed by atoms with Crippen molar-refractivity contribution in [3.8, 4) is 0 Å². The summed E-state index contributed by atoms with van der Waals surface area (Å²) in [6.45, 7) is 6.43. The van der Waals surface area contributed by atoms with E-state index in [4.69, 9.17) is 21.3 Å². The fourth-order valence-corrected chi connectivity index (χ4v) is 3.62. The molecule has 1 fully saturated rings. The van der Waals surface area contributed by atoms with E-state index in [9.17, 15) is 0 Å². The van der Waals surface area contributed by atoms with Crippen molar-refractivity contribution in [3.05, 3.63) is 64.9 Å². The third-order valence-electron chi connectivity index (χ3n) is 4.66. The highest BCUT2D eigenvalue weighted by Crippen LogP contribution is 2.23. The van der Waals surface area contributed by atoms with Crippen LogP contribution in [0.4, 0.5) is 0 Å². The van der Waals surface area contributed by atoms with Crippen molar-refractivity contribution in [2.75, 3.05) is 19.7 Å². The summed E-state index contributed by atoms with van der Waals surface area (Å²) >= 11 is 6.18. The van der Waals surface area contributed by atoms with Crippen molar-refractivity contribution < 1.29 is 4.74 Å². The summed E-state index contributed by atoms with van der Waals surface area (Å²) in [5.74, 6) is 1.08. The standard InChI is InChI=1S/C20H22ClN3O/c1-15-12-23(9-10-25-15)14-20-22-18-11-17(21)7-8-19(18)24(20)13-16-5-3-2-4-6-16/h2-8,11,15H,9-10,12-14H2,1H3/t15-/m1/s1. The average Bonchev–Trinajstić information content (AvgIpc) is 2.92. The monoisotopic (exact) mass is 355 g/mol. The lowest BCUT2D eigenvalue weighted by Crippen LogP contribution is -2.41. The molecule has 5 heteroatoms. The molecule has 0 N–H and O–H groups in total. The molecule has 0 spiro atoms. The number of imidazole rings is 1. The molecule has 4 rings (SSSR count). The molecule has 1 saturated heterocycles. The first kappa shape index (κ1) is 16.6. The Hall–Kier alpha value is -1.88. The molecule has 0 aliphatic carbocycles. The van der Waals surface area contributed by atoms with Gasteiger partial charge in [0.1, 0.15) is 5.82 Å². The van der Waals surface area contributed by atoms with Crippen LogP contribution in [0.25, 0.3) is 11.0 Å². The van der Waals surface area contributed by atoms with Gasteiger partial charge in [-0.1, -0.05) is 41.9 Å². The Morgan fingerprint density at radius 1 is 1.16 bits per heavy atom. The summed E-state index contributed by atoms with van der Waals surface area (Å²) in [7, 11) is 0. The maximum Gasteiger partial charge on any atom is 0.124 e. The van der Waals surface area contributed by atoms with Gasteiger partial charge in [0.25, 0.3) is 0 Å². The van der Waals surface area contributed by atoms with Crippen molar-refractivity contribution in [2.45, 2.75) is 26.1 Å². The van der Waals surface area contributed by atoms with E-state index >= 15 is 0 Å².